The Morgan fingerprint density at radius 2 is 2.06 bits per heavy atom. The van der Waals surface area contributed by atoms with Gasteiger partial charge in [0.05, 0.1) is 11.5 Å². The Hall–Kier alpha value is -2.43. The van der Waals surface area contributed by atoms with E-state index >= 15 is 0 Å². The number of anilines is 1. The van der Waals surface area contributed by atoms with Crippen molar-refractivity contribution in [2.45, 2.75) is 43.3 Å². The van der Waals surface area contributed by atoms with E-state index in [1.165, 1.54) is 0 Å². The Bertz CT molecular complexity index is 1180. The van der Waals surface area contributed by atoms with Crippen LogP contribution in [0.4, 0.5) is 5.82 Å². The number of ether oxygens (including phenoxy) is 1. The Kier molecular flexibility index (Phi) is 7.69. The molecule has 3 N–H and O–H groups in total. The predicted octanol–water partition coefficient (Wildman–Crippen LogP) is 4.75. The van der Waals surface area contributed by atoms with Gasteiger partial charge in [-0.15, -0.1) is 16.9 Å². The predicted molar refractivity (Wildman–Crippen MR) is 137 cm³/mol. The quantitative estimate of drug-likeness (QED) is 0.396. The number of nitrogens with one attached hydrogen (secondary N) is 1. The van der Waals surface area contributed by atoms with Gasteiger partial charge in [0.25, 0.3) is 0 Å². The summed E-state index contributed by atoms with van der Waals surface area (Å²) in [6.45, 7) is 1.20. The number of rotatable bonds is 8. The van der Waals surface area contributed by atoms with Crippen LogP contribution in [0.3, 0.4) is 0 Å². The van der Waals surface area contributed by atoms with Gasteiger partial charge in [-0.1, -0.05) is 23.7 Å². The number of aliphatic hydroxyl groups excluding tert-OH is 2. The molecule has 1 aromatic carbocycles. The van der Waals surface area contributed by atoms with E-state index in [9.17, 15) is 5.11 Å². The molecule has 0 amide bonds. The normalized spacial score (nSPS) is 21.3. The van der Waals surface area contributed by atoms with Crippen molar-refractivity contribution in [1.29, 1.82) is 0 Å². The minimum atomic E-state index is -0.800. The smallest absolute Gasteiger partial charge is 0.187 e. The fraction of sp³-hybridized carbons (Fsp3) is 0.400. The van der Waals surface area contributed by atoms with Crippen molar-refractivity contribution >= 4 is 34.1 Å². The number of aromatic nitrogens is 4. The lowest BCUT2D eigenvalue weighted by Gasteiger charge is -2.22. The molecule has 0 bridgehead atoms. The number of aliphatic hydroxyl groups is 2. The largest absolute Gasteiger partial charge is 0.395 e. The van der Waals surface area contributed by atoms with Crippen LogP contribution >= 0.6 is 23.4 Å². The number of pyridine rings is 1. The molecular formula is C25H28ClN5O3S. The van der Waals surface area contributed by atoms with E-state index in [1.807, 2.05) is 24.3 Å². The highest BCUT2D eigenvalue weighted by Crippen LogP contribution is 2.54. The van der Waals surface area contributed by atoms with Crippen molar-refractivity contribution in [2.24, 2.45) is 0 Å². The van der Waals surface area contributed by atoms with Gasteiger partial charge in [-0.25, -0.2) is 14.6 Å². The summed E-state index contributed by atoms with van der Waals surface area (Å²) in [5.41, 5.74) is 2.74. The highest BCUT2D eigenvalue weighted by molar-refractivity contribution is 8.08. The molecule has 2 aromatic heterocycles. The van der Waals surface area contributed by atoms with Crippen molar-refractivity contribution in [3.05, 3.63) is 76.5 Å². The van der Waals surface area contributed by atoms with Crippen molar-refractivity contribution in [2.75, 3.05) is 25.1 Å². The SMILES string of the molecule is OCCNc1cc(C2CC(C(O)c3ccc(Cl)cc3)=C(c3ncn(C4CCCCO4)n3)S2)ccn1. The van der Waals surface area contributed by atoms with E-state index in [1.54, 1.807) is 41.1 Å². The van der Waals surface area contributed by atoms with Gasteiger partial charge in [0.2, 0.25) is 0 Å². The number of nitrogens with zero attached hydrogens (tertiary/aromatic N) is 4. The first kappa shape index (κ1) is 24.3. The van der Waals surface area contributed by atoms with Gasteiger partial charge in [0, 0.05) is 29.6 Å². The summed E-state index contributed by atoms with van der Waals surface area (Å²) in [7, 11) is 0. The summed E-state index contributed by atoms with van der Waals surface area (Å²) < 4.78 is 7.67. The zero-order valence-electron chi connectivity index (χ0n) is 19.2. The molecule has 0 radical (unpaired) electrons. The standard InChI is InChI=1S/C25H28ClN5O3S/c26-18-6-4-16(5-7-18)23(33)19-14-20(17-8-9-27-21(13-17)28-10-11-32)35-24(19)25-29-15-31(30-25)22-3-1-2-12-34-22/h4-9,13,15,20,22-23,32-33H,1-3,10-12,14H2,(H,27,28). The summed E-state index contributed by atoms with van der Waals surface area (Å²) >= 11 is 7.72. The molecule has 8 nitrogen and oxygen atoms in total. The van der Waals surface area contributed by atoms with E-state index in [4.69, 9.17) is 26.5 Å². The van der Waals surface area contributed by atoms with Crippen LogP contribution in [0.15, 0.2) is 54.5 Å². The van der Waals surface area contributed by atoms with Crippen molar-refractivity contribution in [3.63, 3.8) is 0 Å². The lowest BCUT2D eigenvalue weighted by atomic mass is 9.95. The minimum Gasteiger partial charge on any atom is -0.395 e. The highest BCUT2D eigenvalue weighted by Gasteiger charge is 2.34. The molecule has 184 valence electrons. The van der Waals surface area contributed by atoms with Crippen LogP contribution in [-0.4, -0.2) is 49.7 Å². The number of halogens is 1. The van der Waals surface area contributed by atoms with Crippen LogP contribution in [0.5, 0.6) is 0 Å². The maximum Gasteiger partial charge on any atom is 0.187 e. The Morgan fingerprint density at radius 1 is 1.20 bits per heavy atom. The van der Waals surface area contributed by atoms with E-state index in [2.05, 4.69) is 15.3 Å². The van der Waals surface area contributed by atoms with Crippen LogP contribution in [0.25, 0.3) is 4.91 Å². The Labute approximate surface area is 213 Å². The molecule has 35 heavy (non-hydrogen) atoms. The van der Waals surface area contributed by atoms with Gasteiger partial charge in [0.15, 0.2) is 12.1 Å². The van der Waals surface area contributed by atoms with E-state index in [-0.39, 0.29) is 18.1 Å². The molecule has 2 aliphatic heterocycles. The van der Waals surface area contributed by atoms with E-state index in [0.29, 0.717) is 29.6 Å². The maximum atomic E-state index is 11.4. The number of hydrogen-bond acceptors (Lipinski definition) is 8. The van der Waals surface area contributed by atoms with Crippen molar-refractivity contribution in [3.8, 4) is 0 Å². The molecule has 0 saturated carbocycles. The van der Waals surface area contributed by atoms with Crippen LogP contribution in [0.2, 0.25) is 5.02 Å². The second kappa shape index (κ2) is 11.1. The third kappa shape index (κ3) is 5.54. The van der Waals surface area contributed by atoms with Gasteiger partial charge < -0.3 is 20.3 Å². The van der Waals surface area contributed by atoms with E-state index < -0.39 is 6.10 Å². The zero-order chi connectivity index (χ0) is 24.2. The molecule has 2 aliphatic rings. The minimum absolute atomic E-state index is 0.0340. The van der Waals surface area contributed by atoms with Crippen molar-refractivity contribution in [1.82, 2.24) is 19.7 Å². The van der Waals surface area contributed by atoms with Gasteiger partial charge in [-0.05, 0) is 66.6 Å². The van der Waals surface area contributed by atoms with Gasteiger partial charge >= 0.3 is 0 Å². The molecule has 1 fully saturated rings. The summed E-state index contributed by atoms with van der Waals surface area (Å²) in [4.78, 5) is 9.83. The first-order valence-electron chi connectivity index (χ1n) is 11.8. The zero-order valence-corrected chi connectivity index (χ0v) is 20.8. The average Bonchev–Trinajstić information content (AvgIpc) is 3.56. The molecule has 0 aliphatic carbocycles. The molecule has 3 unspecified atom stereocenters. The van der Waals surface area contributed by atoms with Crippen LogP contribution < -0.4 is 5.32 Å². The lowest BCUT2D eigenvalue weighted by molar-refractivity contribution is -0.0397. The van der Waals surface area contributed by atoms with Crippen molar-refractivity contribution < 1.29 is 14.9 Å². The topological polar surface area (TPSA) is 105 Å². The first-order valence-corrected chi connectivity index (χ1v) is 13.0. The monoisotopic (exact) mass is 513 g/mol. The fourth-order valence-electron chi connectivity index (χ4n) is 4.39. The Morgan fingerprint density at radius 3 is 2.83 bits per heavy atom. The summed E-state index contributed by atoms with van der Waals surface area (Å²) in [5, 5.41) is 29.1. The van der Waals surface area contributed by atoms with E-state index in [0.717, 1.165) is 47.5 Å². The summed E-state index contributed by atoms with van der Waals surface area (Å²) in [6.07, 6.45) is 6.32. The Balaban J connectivity index is 1.45. The number of benzene rings is 1. The summed E-state index contributed by atoms with van der Waals surface area (Å²) in [6, 6.07) is 11.2. The van der Waals surface area contributed by atoms with Gasteiger partial charge in [-0.2, -0.15) is 0 Å². The highest BCUT2D eigenvalue weighted by atomic mass is 35.5. The second-order valence-electron chi connectivity index (χ2n) is 8.61. The van der Waals surface area contributed by atoms with Gasteiger partial charge in [0.1, 0.15) is 18.2 Å². The molecular weight excluding hydrogens is 486 g/mol. The third-order valence-corrected chi connectivity index (χ3v) is 7.86. The molecule has 5 rings (SSSR count). The summed E-state index contributed by atoms with van der Waals surface area (Å²) in [5.74, 6) is 1.31. The first-order chi connectivity index (χ1) is 17.1. The van der Waals surface area contributed by atoms with Crippen LogP contribution in [0.1, 0.15) is 60.2 Å². The fourth-order valence-corrected chi connectivity index (χ4v) is 5.90. The third-order valence-electron chi connectivity index (χ3n) is 6.21. The second-order valence-corrected chi connectivity index (χ2v) is 10.3. The lowest BCUT2D eigenvalue weighted by Crippen LogP contribution is -2.18. The molecule has 3 aromatic rings. The molecule has 0 spiro atoms. The number of thioether (sulfide) groups is 1. The molecule has 4 heterocycles. The molecule has 10 heteroatoms. The van der Waals surface area contributed by atoms with Crippen LogP contribution in [-0.2, 0) is 4.74 Å². The van der Waals surface area contributed by atoms with Gasteiger partial charge in [-0.3, -0.25) is 0 Å². The average molecular weight is 514 g/mol. The number of hydrogen-bond donors (Lipinski definition) is 3. The molecule has 3 atom stereocenters. The maximum absolute atomic E-state index is 11.4. The van der Waals surface area contributed by atoms with Crippen LogP contribution in [0, 0.1) is 0 Å². The molecule has 1 saturated heterocycles.